The first kappa shape index (κ1) is 23.3. The second-order valence-electron chi connectivity index (χ2n) is 12.7. The van der Waals surface area contributed by atoms with E-state index in [1.807, 2.05) is 6.26 Å². The smallest absolute Gasteiger partial charge is 0.0937 e. The van der Waals surface area contributed by atoms with Crippen LogP contribution in [0.2, 0.25) is 0 Å². The van der Waals surface area contributed by atoms with Crippen LogP contribution >= 0.6 is 0 Å². The van der Waals surface area contributed by atoms with Gasteiger partial charge in [0.1, 0.15) is 0 Å². The van der Waals surface area contributed by atoms with Gasteiger partial charge in [-0.1, -0.05) is 25.5 Å². The molecule has 4 aliphatic carbocycles. The fourth-order valence-corrected chi connectivity index (χ4v) is 9.33. The Morgan fingerprint density at radius 1 is 1.06 bits per heavy atom. The van der Waals surface area contributed by atoms with E-state index in [2.05, 4.69) is 30.9 Å². The first-order valence-corrected chi connectivity index (χ1v) is 14.2. The number of rotatable bonds is 6. The monoisotopic (exact) mass is 467 g/mol. The van der Waals surface area contributed by atoms with Gasteiger partial charge in [0, 0.05) is 18.6 Å². The Kier molecular flexibility index (Phi) is 6.02. The van der Waals surface area contributed by atoms with Gasteiger partial charge in [0.15, 0.2) is 0 Å². The summed E-state index contributed by atoms with van der Waals surface area (Å²) in [5.41, 5.74) is 2.59. The van der Waals surface area contributed by atoms with Gasteiger partial charge >= 0.3 is 0 Å². The molecule has 188 valence electrons. The minimum atomic E-state index is -0.546. The predicted molar refractivity (Wildman–Crippen MR) is 135 cm³/mol. The van der Waals surface area contributed by atoms with Gasteiger partial charge in [-0.15, -0.1) is 0 Å². The summed E-state index contributed by atoms with van der Waals surface area (Å²) in [5, 5.41) is 12.3. The maximum atomic E-state index is 12.3. The number of likely N-dealkylation sites (tertiary alicyclic amines) is 1. The zero-order valence-corrected chi connectivity index (χ0v) is 21.4. The Hall–Kier alpha value is -1.10. The SMILES string of the molecule is C[C@]12CCC(OCCCN3CCCC3)C=C1CC[C@@H]1[C@H]2CC[C@]2(C)C(c3ccoc3)CC[C@@]12O. The van der Waals surface area contributed by atoms with Crippen molar-refractivity contribution in [2.75, 3.05) is 26.2 Å². The molecule has 1 aliphatic heterocycles. The Morgan fingerprint density at radius 2 is 1.91 bits per heavy atom. The quantitative estimate of drug-likeness (QED) is 0.393. The van der Waals surface area contributed by atoms with Crippen molar-refractivity contribution in [2.24, 2.45) is 22.7 Å². The van der Waals surface area contributed by atoms with Crippen molar-refractivity contribution in [3.63, 3.8) is 0 Å². The second-order valence-corrected chi connectivity index (χ2v) is 12.7. The van der Waals surface area contributed by atoms with Crippen LogP contribution < -0.4 is 0 Å². The van der Waals surface area contributed by atoms with E-state index in [0.29, 0.717) is 23.9 Å². The summed E-state index contributed by atoms with van der Waals surface area (Å²) < 4.78 is 11.8. The average molecular weight is 468 g/mol. The number of fused-ring (bicyclic) bond motifs is 5. The molecule has 3 saturated carbocycles. The summed E-state index contributed by atoms with van der Waals surface area (Å²) in [4.78, 5) is 2.59. The molecule has 5 aliphatic rings. The van der Waals surface area contributed by atoms with Gasteiger partial charge in [-0.2, -0.15) is 0 Å². The first-order valence-electron chi connectivity index (χ1n) is 14.2. The summed E-state index contributed by atoms with van der Waals surface area (Å²) in [6, 6.07) is 2.13. The summed E-state index contributed by atoms with van der Waals surface area (Å²) in [5.74, 6) is 1.44. The fraction of sp³-hybridized carbons (Fsp3) is 0.800. The van der Waals surface area contributed by atoms with Crippen LogP contribution in [0.1, 0.15) is 96.0 Å². The highest BCUT2D eigenvalue weighted by atomic mass is 16.5. The molecule has 7 atom stereocenters. The third-order valence-electron chi connectivity index (χ3n) is 11.4. The van der Waals surface area contributed by atoms with E-state index in [1.54, 1.807) is 11.8 Å². The molecular weight excluding hydrogens is 422 g/mol. The van der Waals surface area contributed by atoms with Crippen LogP contribution in [0.4, 0.5) is 0 Å². The van der Waals surface area contributed by atoms with E-state index in [-0.39, 0.29) is 10.8 Å². The maximum absolute atomic E-state index is 12.3. The molecule has 0 aromatic carbocycles. The van der Waals surface area contributed by atoms with Crippen LogP contribution in [0.25, 0.3) is 0 Å². The molecule has 0 amide bonds. The third kappa shape index (κ3) is 3.58. The predicted octanol–water partition coefficient (Wildman–Crippen LogP) is 6.31. The van der Waals surface area contributed by atoms with E-state index in [0.717, 1.165) is 51.6 Å². The molecule has 4 nitrogen and oxygen atoms in total. The van der Waals surface area contributed by atoms with Gasteiger partial charge < -0.3 is 19.2 Å². The number of hydrogen-bond acceptors (Lipinski definition) is 4. The summed E-state index contributed by atoms with van der Waals surface area (Å²) in [7, 11) is 0. The molecule has 2 heterocycles. The van der Waals surface area contributed by atoms with Crippen LogP contribution in [0, 0.1) is 22.7 Å². The van der Waals surface area contributed by atoms with Crippen LogP contribution in [0.5, 0.6) is 0 Å². The molecule has 34 heavy (non-hydrogen) atoms. The highest BCUT2D eigenvalue weighted by Crippen LogP contribution is 2.70. The average Bonchev–Trinajstić information content (AvgIpc) is 3.58. The van der Waals surface area contributed by atoms with Gasteiger partial charge in [0.05, 0.1) is 24.2 Å². The number of nitrogens with zero attached hydrogens (tertiary/aromatic N) is 1. The van der Waals surface area contributed by atoms with Gasteiger partial charge in [-0.25, -0.2) is 0 Å². The Bertz CT molecular complexity index is 889. The van der Waals surface area contributed by atoms with E-state index >= 15 is 0 Å². The summed E-state index contributed by atoms with van der Waals surface area (Å²) >= 11 is 0. The van der Waals surface area contributed by atoms with E-state index in [4.69, 9.17) is 9.15 Å². The largest absolute Gasteiger partial charge is 0.472 e. The molecule has 1 aromatic heterocycles. The van der Waals surface area contributed by atoms with Crippen molar-refractivity contribution >= 4 is 0 Å². The van der Waals surface area contributed by atoms with Gasteiger partial charge in [-0.3, -0.25) is 0 Å². The topological polar surface area (TPSA) is 45.8 Å². The zero-order chi connectivity index (χ0) is 23.4. The Labute approximate surface area is 206 Å². The highest BCUT2D eigenvalue weighted by molar-refractivity contribution is 5.31. The number of hydrogen-bond donors (Lipinski definition) is 1. The van der Waals surface area contributed by atoms with Crippen molar-refractivity contribution in [1.82, 2.24) is 4.90 Å². The van der Waals surface area contributed by atoms with Crippen LogP contribution in [-0.2, 0) is 4.74 Å². The van der Waals surface area contributed by atoms with Crippen molar-refractivity contribution in [1.29, 1.82) is 0 Å². The normalized spacial score (nSPS) is 44.4. The summed E-state index contributed by atoms with van der Waals surface area (Å²) in [6.45, 7) is 9.55. The van der Waals surface area contributed by atoms with Crippen LogP contribution in [-0.4, -0.2) is 48.0 Å². The van der Waals surface area contributed by atoms with Crippen molar-refractivity contribution in [2.45, 2.75) is 102 Å². The molecule has 0 radical (unpaired) electrons. The third-order valence-corrected chi connectivity index (χ3v) is 11.4. The van der Waals surface area contributed by atoms with E-state index < -0.39 is 5.60 Å². The van der Waals surface area contributed by atoms with Gasteiger partial charge in [0.25, 0.3) is 0 Å². The molecule has 1 aromatic rings. The Balaban J connectivity index is 1.14. The molecule has 0 bridgehead atoms. The minimum Gasteiger partial charge on any atom is -0.472 e. The summed E-state index contributed by atoms with van der Waals surface area (Å²) in [6.07, 6.45) is 19.5. The molecule has 0 spiro atoms. The fourth-order valence-electron chi connectivity index (χ4n) is 9.33. The number of ether oxygens (including phenoxy) is 1. The molecular formula is C30H45NO3. The first-order chi connectivity index (χ1) is 16.4. The van der Waals surface area contributed by atoms with Crippen molar-refractivity contribution < 1.29 is 14.3 Å². The number of allylic oxidation sites excluding steroid dienone is 1. The minimum absolute atomic E-state index is 0.0364. The number of aliphatic hydroxyl groups is 1. The van der Waals surface area contributed by atoms with E-state index in [1.165, 1.54) is 50.9 Å². The van der Waals surface area contributed by atoms with Crippen molar-refractivity contribution in [3.05, 3.63) is 35.8 Å². The lowest BCUT2D eigenvalue weighted by Crippen LogP contribution is -2.60. The highest BCUT2D eigenvalue weighted by Gasteiger charge is 2.66. The lowest BCUT2D eigenvalue weighted by molar-refractivity contribution is -0.178. The standard InChI is InChI=1S/C30H45NO3/c1-28-12-8-24(34-18-5-17-31-15-3-4-16-31)20-23(28)6-7-27-26(28)9-13-29(2)25(10-14-30(27,29)32)22-11-19-33-21-22/h11,19-21,24-27,32H,3-10,12-18H2,1-2H3/t24?,25?,26-,27-,28+,29-,30-/m1/s1. The zero-order valence-electron chi connectivity index (χ0n) is 21.4. The molecule has 1 N–H and O–H groups in total. The molecule has 4 heteroatoms. The van der Waals surface area contributed by atoms with Gasteiger partial charge in [0.2, 0.25) is 0 Å². The van der Waals surface area contributed by atoms with Crippen molar-refractivity contribution in [3.8, 4) is 0 Å². The van der Waals surface area contributed by atoms with Crippen LogP contribution in [0.15, 0.2) is 34.7 Å². The number of furan rings is 1. The van der Waals surface area contributed by atoms with Gasteiger partial charge in [-0.05, 0) is 119 Å². The molecule has 1 saturated heterocycles. The Morgan fingerprint density at radius 3 is 2.71 bits per heavy atom. The molecule has 6 rings (SSSR count). The lowest BCUT2D eigenvalue weighted by Gasteiger charge is -2.61. The lowest BCUT2D eigenvalue weighted by atomic mass is 9.45. The maximum Gasteiger partial charge on any atom is 0.0937 e. The van der Waals surface area contributed by atoms with Crippen LogP contribution in [0.3, 0.4) is 0 Å². The van der Waals surface area contributed by atoms with E-state index in [9.17, 15) is 5.11 Å². The second kappa shape index (κ2) is 8.78. The molecule has 2 unspecified atom stereocenters. The molecule has 4 fully saturated rings.